The Hall–Kier alpha value is -1.75. The first-order valence-electron chi connectivity index (χ1n) is 8.87. The molecule has 0 spiro atoms. The summed E-state index contributed by atoms with van der Waals surface area (Å²) in [5.74, 6) is 2.39. The minimum Gasteiger partial charge on any atom is -0.351 e. The van der Waals surface area contributed by atoms with Gasteiger partial charge in [0.1, 0.15) is 0 Å². The molecule has 0 atom stereocenters. The molecule has 0 aliphatic rings. The third-order valence-corrected chi connectivity index (χ3v) is 4.98. The molecule has 1 aromatic heterocycles. The molecule has 25 heavy (non-hydrogen) atoms. The van der Waals surface area contributed by atoms with Crippen molar-refractivity contribution in [3.8, 4) is 0 Å². The van der Waals surface area contributed by atoms with Crippen molar-refractivity contribution in [3.63, 3.8) is 0 Å². The zero-order chi connectivity index (χ0) is 18.2. The Kier molecular flexibility index (Phi) is 7.56. The van der Waals surface area contributed by atoms with Crippen LogP contribution in [0.3, 0.4) is 0 Å². The molecular formula is C20H29N3OS. The van der Waals surface area contributed by atoms with Gasteiger partial charge in [0.15, 0.2) is 0 Å². The van der Waals surface area contributed by atoms with Gasteiger partial charge in [-0.1, -0.05) is 38.1 Å². The maximum absolute atomic E-state index is 11.9. The quantitative estimate of drug-likeness (QED) is 0.690. The highest BCUT2D eigenvalue weighted by Gasteiger charge is 2.05. The highest BCUT2D eigenvalue weighted by atomic mass is 32.2. The second-order valence-electron chi connectivity index (χ2n) is 6.92. The summed E-state index contributed by atoms with van der Waals surface area (Å²) in [5, 5.41) is 7.52. The SMILES string of the molecule is Cc1cc(C)n(Cc2cccc(CNC(=O)CSCCC(C)C)c2)n1. The summed E-state index contributed by atoms with van der Waals surface area (Å²) in [5.41, 5.74) is 4.52. The summed E-state index contributed by atoms with van der Waals surface area (Å²) in [6.45, 7) is 9.83. The maximum Gasteiger partial charge on any atom is 0.230 e. The molecule has 4 nitrogen and oxygen atoms in total. The van der Waals surface area contributed by atoms with E-state index in [0.29, 0.717) is 18.2 Å². The zero-order valence-corrected chi connectivity index (χ0v) is 16.5. The Morgan fingerprint density at radius 1 is 1.24 bits per heavy atom. The van der Waals surface area contributed by atoms with E-state index in [1.807, 2.05) is 17.7 Å². The van der Waals surface area contributed by atoms with Crippen LogP contribution in [0.4, 0.5) is 0 Å². The molecule has 2 rings (SSSR count). The van der Waals surface area contributed by atoms with Gasteiger partial charge in [-0.25, -0.2) is 0 Å². The molecular weight excluding hydrogens is 330 g/mol. The van der Waals surface area contributed by atoms with Crippen molar-refractivity contribution in [1.29, 1.82) is 0 Å². The van der Waals surface area contributed by atoms with Crippen LogP contribution in [0.1, 0.15) is 42.8 Å². The lowest BCUT2D eigenvalue weighted by molar-refractivity contribution is -0.118. The van der Waals surface area contributed by atoms with Crippen LogP contribution in [0.15, 0.2) is 30.3 Å². The van der Waals surface area contributed by atoms with Crippen LogP contribution in [0.25, 0.3) is 0 Å². The minimum atomic E-state index is 0.109. The maximum atomic E-state index is 11.9. The van der Waals surface area contributed by atoms with Crippen LogP contribution in [0.2, 0.25) is 0 Å². The van der Waals surface area contributed by atoms with E-state index in [2.05, 4.69) is 55.5 Å². The fourth-order valence-corrected chi connectivity index (χ4v) is 3.65. The van der Waals surface area contributed by atoms with Crippen LogP contribution in [-0.2, 0) is 17.9 Å². The number of hydrogen-bond donors (Lipinski definition) is 1. The summed E-state index contributed by atoms with van der Waals surface area (Å²) in [6.07, 6.45) is 1.16. The van der Waals surface area contributed by atoms with Gasteiger partial charge < -0.3 is 5.32 Å². The number of hydrogen-bond acceptors (Lipinski definition) is 3. The number of amides is 1. The average molecular weight is 360 g/mol. The lowest BCUT2D eigenvalue weighted by Gasteiger charge is -2.09. The monoisotopic (exact) mass is 359 g/mol. The van der Waals surface area contributed by atoms with Gasteiger partial charge in [0.25, 0.3) is 0 Å². The van der Waals surface area contributed by atoms with Crippen LogP contribution in [0.5, 0.6) is 0 Å². The molecule has 0 fully saturated rings. The van der Waals surface area contributed by atoms with Crippen LogP contribution in [0, 0.1) is 19.8 Å². The number of carbonyl (C=O) groups excluding carboxylic acids is 1. The van der Waals surface area contributed by atoms with E-state index >= 15 is 0 Å². The molecule has 1 aromatic carbocycles. The highest BCUT2D eigenvalue weighted by Crippen LogP contribution is 2.11. The molecule has 2 aromatic rings. The van der Waals surface area contributed by atoms with Crippen LogP contribution < -0.4 is 5.32 Å². The van der Waals surface area contributed by atoms with E-state index in [0.717, 1.165) is 35.7 Å². The van der Waals surface area contributed by atoms with Gasteiger partial charge >= 0.3 is 0 Å². The predicted octanol–water partition coefficient (Wildman–Crippen LogP) is 3.94. The second-order valence-corrected chi connectivity index (χ2v) is 8.02. The second kappa shape index (κ2) is 9.66. The summed E-state index contributed by atoms with van der Waals surface area (Å²) >= 11 is 1.71. The summed E-state index contributed by atoms with van der Waals surface area (Å²) in [4.78, 5) is 11.9. The number of thioether (sulfide) groups is 1. The number of rotatable bonds is 9. The molecule has 0 saturated carbocycles. The van der Waals surface area contributed by atoms with Crippen LogP contribution >= 0.6 is 11.8 Å². The average Bonchev–Trinajstić information content (AvgIpc) is 2.87. The van der Waals surface area contributed by atoms with Gasteiger partial charge in [0.05, 0.1) is 18.0 Å². The van der Waals surface area contributed by atoms with Gasteiger partial charge in [-0.05, 0) is 49.1 Å². The smallest absolute Gasteiger partial charge is 0.230 e. The normalized spacial score (nSPS) is 11.1. The van der Waals surface area contributed by atoms with E-state index in [4.69, 9.17) is 0 Å². The third kappa shape index (κ3) is 6.94. The standard InChI is InChI=1S/C20H29N3OS/c1-15(2)8-9-25-14-20(24)21-12-18-6-5-7-19(11-18)13-23-17(4)10-16(3)22-23/h5-7,10-11,15H,8-9,12-14H2,1-4H3,(H,21,24). The molecule has 1 amide bonds. The van der Waals surface area contributed by atoms with Crippen molar-refractivity contribution in [2.75, 3.05) is 11.5 Å². The summed E-state index contributed by atoms with van der Waals surface area (Å²) in [7, 11) is 0. The molecule has 1 N–H and O–H groups in total. The van der Waals surface area contributed by atoms with Crippen molar-refractivity contribution < 1.29 is 4.79 Å². The Bertz CT molecular complexity index is 694. The van der Waals surface area contributed by atoms with E-state index in [-0.39, 0.29) is 5.91 Å². The van der Waals surface area contributed by atoms with Gasteiger partial charge in [-0.15, -0.1) is 0 Å². The molecule has 0 bridgehead atoms. The van der Waals surface area contributed by atoms with Crippen LogP contribution in [-0.4, -0.2) is 27.2 Å². The molecule has 5 heteroatoms. The first kappa shape index (κ1) is 19.6. The lowest BCUT2D eigenvalue weighted by atomic mass is 10.1. The highest BCUT2D eigenvalue weighted by molar-refractivity contribution is 7.99. The van der Waals surface area contributed by atoms with Gasteiger partial charge in [0, 0.05) is 12.2 Å². The zero-order valence-electron chi connectivity index (χ0n) is 15.7. The Labute approximate surface area is 155 Å². The van der Waals surface area contributed by atoms with Crippen molar-refractivity contribution >= 4 is 17.7 Å². The lowest BCUT2D eigenvalue weighted by Crippen LogP contribution is -2.24. The molecule has 0 radical (unpaired) electrons. The molecule has 1 heterocycles. The Balaban J connectivity index is 1.81. The Morgan fingerprint density at radius 2 is 2.00 bits per heavy atom. The van der Waals surface area contributed by atoms with Crippen molar-refractivity contribution in [2.24, 2.45) is 5.92 Å². The van der Waals surface area contributed by atoms with E-state index in [9.17, 15) is 4.79 Å². The number of benzene rings is 1. The number of aryl methyl sites for hydroxylation is 2. The first-order valence-corrected chi connectivity index (χ1v) is 10.0. The third-order valence-electron chi connectivity index (χ3n) is 3.99. The fourth-order valence-electron chi connectivity index (χ4n) is 2.58. The molecule has 0 aliphatic carbocycles. The topological polar surface area (TPSA) is 46.9 Å². The van der Waals surface area contributed by atoms with Gasteiger partial charge in [0.2, 0.25) is 5.91 Å². The molecule has 0 unspecified atom stereocenters. The minimum absolute atomic E-state index is 0.109. The summed E-state index contributed by atoms with van der Waals surface area (Å²) in [6, 6.07) is 10.4. The molecule has 136 valence electrons. The molecule has 0 saturated heterocycles. The van der Waals surface area contributed by atoms with E-state index < -0.39 is 0 Å². The number of carbonyl (C=O) groups is 1. The Morgan fingerprint density at radius 3 is 2.68 bits per heavy atom. The van der Waals surface area contributed by atoms with Crippen molar-refractivity contribution in [1.82, 2.24) is 15.1 Å². The first-order chi connectivity index (χ1) is 11.9. The number of nitrogens with one attached hydrogen (secondary N) is 1. The van der Waals surface area contributed by atoms with Crippen molar-refractivity contribution in [3.05, 3.63) is 52.8 Å². The van der Waals surface area contributed by atoms with E-state index in [1.54, 1.807) is 11.8 Å². The van der Waals surface area contributed by atoms with Crippen molar-refractivity contribution in [2.45, 2.75) is 47.2 Å². The largest absolute Gasteiger partial charge is 0.351 e. The van der Waals surface area contributed by atoms with E-state index in [1.165, 1.54) is 5.56 Å². The van der Waals surface area contributed by atoms with Gasteiger partial charge in [-0.2, -0.15) is 16.9 Å². The number of nitrogens with zero attached hydrogens (tertiary/aromatic N) is 2. The summed E-state index contributed by atoms with van der Waals surface area (Å²) < 4.78 is 2.01. The number of aromatic nitrogens is 2. The fraction of sp³-hybridized carbons (Fsp3) is 0.500. The molecule has 0 aliphatic heterocycles. The van der Waals surface area contributed by atoms with Gasteiger partial charge in [-0.3, -0.25) is 9.48 Å². The predicted molar refractivity (Wildman–Crippen MR) is 106 cm³/mol.